The Balaban J connectivity index is 1.29. The number of benzene rings is 3. The van der Waals surface area contributed by atoms with Gasteiger partial charge in [0, 0.05) is 49.2 Å². The zero-order chi connectivity index (χ0) is 34.0. The lowest BCUT2D eigenvalue weighted by Crippen LogP contribution is -2.58. The van der Waals surface area contributed by atoms with Gasteiger partial charge in [0.25, 0.3) is 0 Å². The Kier molecular flexibility index (Phi) is 8.27. The number of rotatable bonds is 8. The summed E-state index contributed by atoms with van der Waals surface area (Å²) in [5, 5.41) is 16.1. The number of aromatic nitrogens is 2. The van der Waals surface area contributed by atoms with Crippen molar-refractivity contribution in [2.75, 3.05) is 57.5 Å². The van der Waals surface area contributed by atoms with E-state index in [4.69, 9.17) is 24.2 Å². The number of hydrogen-bond acceptors (Lipinski definition) is 9. The number of aryl methyl sites for hydroxylation is 2. The van der Waals surface area contributed by atoms with Crippen molar-refractivity contribution in [3.05, 3.63) is 47.0 Å². The molecule has 3 atom stereocenters. The van der Waals surface area contributed by atoms with Crippen molar-refractivity contribution >= 4 is 27.5 Å². The number of hydrogen-bond donors (Lipinski definition) is 2. The fourth-order valence-corrected chi connectivity index (χ4v) is 8.08. The lowest BCUT2D eigenvalue weighted by Gasteiger charge is -2.39. The molecule has 0 unspecified atom stereocenters. The van der Waals surface area contributed by atoms with Crippen LogP contribution in [0.25, 0.3) is 32.8 Å². The lowest BCUT2D eigenvalue weighted by atomic mass is 9.89. The summed E-state index contributed by atoms with van der Waals surface area (Å²) < 4.78 is 51.0. The molecule has 1 saturated carbocycles. The number of fused-ring (bicyclic) bond motifs is 3. The highest BCUT2D eigenvalue weighted by atomic mass is 19.1. The van der Waals surface area contributed by atoms with Gasteiger partial charge in [-0.15, -0.1) is 0 Å². The number of aromatic hydroxyl groups is 1. The van der Waals surface area contributed by atoms with Gasteiger partial charge in [-0.3, -0.25) is 4.90 Å². The van der Waals surface area contributed by atoms with Gasteiger partial charge in [0.1, 0.15) is 24.0 Å². The Morgan fingerprint density at radius 3 is 2.71 bits per heavy atom. The van der Waals surface area contributed by atoms with E-state index in [1.54, 1.807) is 12.1 Å². The van der Waals surface area contributed by atoms with Crippen molar-refractivity contribution in [1.29, 1.82) is 0 Å². The quantitative estimate of drug-likeness (QED) is 0.229. The van der Waals surface area contributed by atoms with Crippen LogP contribution in [0.2, 0.25) is 0 Å². The molecule has 3 aliphatic heterocycles. The fraction of sp³-hybridized carbons (Fsp3) is 0.526. The number of piperazine rings is 1. The van der Waals surface area contributed by atoms with Crippen LogP contribution in [0.1, 0.15) is 51.2 Å². The van der Waals surface area contributed by atoms with Crippen molar-refractivity contribution in [1.82, 2.24) is 20.2 Å². The lowest BCUT2D eigenvalue weighted by molar-refractivity contribution is -0.0134. The molecule has 0 bridgehead atoms. The number of halogens is 2. The minimum absolute atomic E-state index is 0.0291. The largest absolute Gasteiger partial charge is 0.508 e. The number of nitrogens with zero attached hydrogens (tertiary/aromatic N) is 4. The zero-order valence-electron chi connectivity index (χ0n) is 28.7. The van der Waals surface area contributed by atoms with Crippen LogP contribution in [0.4, 0.5) is 14.6 Å². The Hall–Kier alpha value is -3.80. The standard InChI is InChI=1S/C38H45F2N5O4/c1-5-24-16-45-25(15-41-24)18-48-35-32-34(42-37(43-36(32)45)49-20-38(9-10-38)19-44-11-12-47-17-21(44)3)22(4)30(33(35)40)28-14-26(46)13-23-7-8-29(39)27(6-2)31(23)28/h7-8,13-14,21,24-25,41,46H,5-6,9-12,15-20H2,1-4H3/t21-,24-,25+/m1/s1. The maximum Gasteiger partial charge on any atom is 0.318 e. The highest BCUT2D eigenvalue weighted by molar-refractivity contribution is 6.07. The van der Waals surface area contributed by atoms with Crippen molar-refractivity contribution in [3.8, 4) is 28.6 Å². The average molecular weight is 674 g/mol. The minimum Gasteiger partial charge on any atom is -0.508 e. The first-order valence-electron chi connectivity index (χ1n) is 17.8. The van der Waals surface area contributed by atoms with Gasteiger partial charge in [0.15, 0.2) is 11.6 Å². The SMILES string of the molecule is CCc1c(F)ccc2cc(O)cc(-c3c(F)c4c5c(nc(OCC6(CN7CCOC[C@H]7C)CC6)nc5c3C)N3C[C@@H](CC)NC[C@H]3CO4)c12. The summed E-state index contributed by atoms with van der Waals surface area (Å²) in [5.74, 6) is -0.291. The fourth-order valence-electron chi connectivity index (χ4n) is 8.08. The molecule has 260 valence electrons. The summed E-state index contributed by atoms with van der Waals surface area (Å²) >= 11 is 0. The third-order valence-corrected chi connectivity index (χ3v) is 11.2. The first-order chi connectivity index (χ1) is 23.7. The van der Waals surface area contributed by atoms with E-state index < -0.39 is 5.82 Å². The van der Waals surface area contributed by atoms with Gasteiger partial charge < -0.3 is 29.5 Å². The summed E-state index contributed by atoms with van der Waals surface area (Å²) in [6, 6.07) is 6.90. The summed E-state index contributed by atoms with van der Waals surface area (Å²) in [6.07, 6.45) is 3.48. The third-order valence-electron chi connectivity index (χ3n) is 11.2. The number of phenols is 1. The second kappa shape index (κ2) is 12.5. The Morgan fingerprint density at radius 2 is 1.96 bits per heavy atom. The number of nitrogens with one attached hydrogen (secondary N) is 1. The van der Waals surface area contributed by atoms with E-state index in [9.17, 15) is 5.11 Å². The predicted molar refractivity (Wildman–Crippen MR) is 186 cm³/mol. The van der Waals surface area contributed by atoms with Crippen LogP contribution < -0.4 is 19.7 Å². The summed E-state index contributed by atoms with van der Waals surface area (Å²) in [4.78, 5) is 14.7. The van der Waals surface area contributed by atoms with E-state index in [0.717, 1.165) is 45.6 Å². The van der Waals surface area contributed by atoms with Crippen LogP contribution in [-0.2, 0) is 11.2 Å². The van der Waals surface area contributed by atoms with E-state index in [0.29, 0.717) is 76.3 Å². The second-order valence-corrected chi connectivity index (χ2v) is 14.5. The first-order valence-corrected chi connectivity index (χ1v) is 17.8. The Bertz CT molecular complexity index is 1930. The molecule has 1 aliphatic carbocycles. The van der Waals surface area contributed by atoms with E-state index in [2.05, 4.69) is 29.0 Å². The number of morpholine rings is 1. The summed E-state index contributed by atoms with van der Waals surface area (Å²) in [7, 11) is 0. The van der Waals surface area contributed by atoms with Crippen LogP contribution in [0.5, 0.6) is 17.5 Å². The van der Waals surface area contributed by atoms with Crippen LogP contribution in [-0.4, -0.2) is 90.7 Å². The molecule has 49 heavy (non-hydrogen) atoms. The van der Waals surface area contributed by atoms with E-state index >= 15 is 8.78 Å². The molecule has 2 saturated heterocycles. The van der Waals surface area contributed by atoms with Crippen molar-refractivity contribution < 1.29 is 28.1 Å². The highest BCUT2D eigenvalue weighted by Crippen LogP contribution is 2.49. The Labute approximate surface area is 285 Å². The second-order valence-electron chi connectivity index (χ2n) is 14.5. The van der Waals surface area contributed by atoms with Gasteiger partial charge in [0.05, 0.1) is 36.8 Å². The average Bonchev–Trinajstić information content (AvgIpc) is 3.89. The molecular weight excluding hydrogens is 628 g/mol. The van der Waals surface area contributed by atoms with E-state index in [1.165, 1.54) is 12.1 Å². The van der Waals surface area contributed by atoms with Gasteiger partial charge in [-0.2, -0.15) is 9.97 Å². The van der Waals surface area contributed by atoms with Crippen LogP contribution in [0.15, 0.2) is 24.3 Å². The molecule has 8 rings (SSSR count). The summed E-state index contributed by atoms with van der Waals surface area (Å²) in [6.45, 7) is 13.5. The number of phenolic OH excluding ortho intramolecular Hbond substituents is 1. The highest BCUT2D eigenvalue weighted by Gasteiger charge is 2.46. The molecule has 4 aliphatic rings. The molecule has 2 N–H and O–H groups in total. The van der Waals surface area contributed by atoms with Crippen LogP contribution in [0, 0.1) is 24.0 Å². The van der Waals surface area contributed by atoms with Gasteiger partial charge in [-0.25, -0.2) is 8.78 Å². The van der Waals surface area contributed by atoms with Gasteiger partial charge >= 0.3 is 6.01 Å². The monoisotopic (exact) mass is 673 g/mol. The van der Waals surface area contributed by atoms with Crippen molar-refractivity contribution in [2.24, 2.45) is 5.41 Å². The molecule has 3 fully saturated rings. The van der Waals surface area contributed by atoms with Gasteiger partial charge in [-0.1, -0.05) is 19.9 Å². The maximum absolute atomic E-state index is 17.2. The Morgan fingerprint density at radius 1 is 1.12 bits per heavy atom. The van der Waals surface area contributed by atoms with Gasteiger partial charge in [0.2, 0.25) is 0 Å². The molecule has 1 aromatic heterocycles. The molecule has 3 aromatic carbocycles. The van der Waals surface area contributed by atoms with Crippen LogP contribution in [0.3, 0.4) is 0 Å². The molecule has 0 spiro atoms. The normalized spacial score (nSPS) is 23.3. The smallest absolute Gasteiger partial charge is 0.318 e. The van der Waals surface area contributed by atoms with Crippen molar-refractivity contribution in [2.45, 2.75) is 71.5 Å². The molecule has 11 heteroatoms. The maximum atomic E-state index is 17.2. The molecule has 4 heterocycles. The first kappa shape index (κ1) is 32.4. The predicted octanol–water partition coefficient (Wildman–Crippen LogP) is 6.13. The minimum atomic E-state index is -0.571. The summed E-state index contributed by atoms with van der Waals surface area (Å²) in [5.41, 5.74) is 2.19. The third kappa shape index (κ3) is 5.63. The number of anilines is 1. The molecule has 4 aromatic rings. The topological polar surface area (TPSA) is 92.2 Å². The van der Waals surface area contributed by atoms with E-state index in [1.807, 2.05) is 13.8 Å². The van der Waals surface area contributed by atoms with Crippen LogP contribution >= 0.6 is 0 Å². The van der Waals surface area contributed by atoms with E-state index in [-0.39, 0.29) is 53.0 Å². The molecule has 0 radical (unpaired) electrons. The molecular formula is C38H45F2N5O4. The zero-order valence-corrected chi connectivity index (χ0v) is 28.7. The number of ether oxygens (including phenoxy) is 3. The molecule has 9 nitrogen and oxygen atoms in total. The van der Waals surface area contributed by atoms with Crippen molar-refractivity contribution in [3.63, 3.8) is 0 Å². The van der Waals surface area contributed by atoms with Gasteiger partial charge in [-0.05, 0) is 85.2 Å². The molecule has 0 amide bonds.